The number of hydrogen-bond donors (Lipinski definition) is 0. The van der Waals surface area contributed by atoms with Crippen LogP contribution in [0.1, 0.15) is 36.4 Å². The van der Waals surface area contributed by atoms with Gasteiger partial charge in [0.1, 0.15) is 0 Å². The molecule has 1 saturated carbocycles. The molecule has 1 aliphatic carbocycles. The summed E-state index contributed by atoms with van der Waals surface area (Å²) < 4.78 is 1.91. The first-order chi connectivity index (χ1) is 10.3. The first-order valence-corrected chi connectivity index (χ1v) is 8.03. The molecular formula is C18H23N3. The highest BCUT2D eigenvalue weighted by atomic mass is 15.3. The topological polar surface area (TPSA) is 21.1 Å². The molecule has 4 rings (SSSR count). The second kappa shape index (κ2) is 4.99. The summed E-state index contributed by atoms with van der Waals surface area (Å²) in [6.45, 7) is 3.57. The van der Waals surface area contributed by atoms with E-state index < -0.39 is 0 Å². The number of aryl methyl sites for hydroxylation is 1. The van der Waals surface area contributed by atoms with Crippen LogP contribution in [0.15, 0.2) is 42.6 Å². The molecule has 0 amide bonds. The van der Waals surface area contributed by atoms with Crippen molar-refractivity contribution in [2.24, 2.45) is 7.05 Å². The monoisotopic (exact) mass is 281 g/mol. The smallest absolute Gasteiger partial charge is 0.0680 e. The summed E-state index contributed by atoms with van der Waals surface area (Å²) in [6, 6.07) is 13.3. The van der Waals surface area contributed by atoms with Gasteiger partial charge < -0.3 is 4.90 Å². The van der Waals surface area contributed by atoms with E-state index in [1.807, 2.05) is 11.7 Å². The molecule has 0 N–H and O–H groups in total. The number of rotatable bonds is 4. The maximum atomic E-state index is 4.55. The van der Waals surface area contributed by atoms with E-state index in [1.165, 1.54) is 50.2 Å². The number of aromatic nitrogens is 2. The van der Waals surface area contributed by atoms with Crippen LogP contribution >= 0.6 is 0 Å². The molecule has 110 valence electrons. The Morgan fingerprint density at radius 3 is 2.48 bits per heavy atom. The van der Waals surface area contributed by atoms with Crippen LogP contribution in [-0.2, 0) is 12.5 Å². The number of nitrogens with zero attached hydrogens (tertiary/aromatic N) is 3. The van der Waals surface area contributed by atoms with Crippen LogP contribution in [0, 0.1) is 0 Å². The zero-order valence-electron chi connectivity index (χ0n) is 12.7. The highest BCUT2D eigenvalue weighted by Gasteiger charge is 2.42. The van der Waals surface area contributed by atoms with Crippen LogP contribution in [-0.4, -0.2) is 34.3 Å². The maximum absolute atomic E-state index is 4.55. The van der Waals surface area contributed by atoms with Crippen LogP contribution < -0.4 is 0 Å². The predicted octanol–water partition coefficient (Wildman–Crippen LogP) is 2.94. The largest absolute Gasteiger partial charge is 0.301 e. The molecule has 0 bridgehead atoms. The third kappa shape index (κ3) is 2.30. The van der Waals surface area contributed by atoms with Gasteiger partial charge in [0.15, 0.2) is 0 Å². The Labute approximate surface area is 126 Å². The standard InChI is InChI=1S/C18H23N3/c1-20-11-8-17(19-20)15-12-21(13-15)14-18(9-5-10-18)16-6-3-2-4-7-16/h2-4,6-8,11,15H,5,9-10,12-14H2,1H3. The van der Waals surface area contributed by atoms with E-state index in [1.54, 1.807) is 0 Å². The van der Waals surface area contributed by atoms with Crippen molar-refractivity contribution in [3.63, 3.8) is 0 Å². The molecule has 0 radical (unpaired) electrons. The zero-order valence-corrected chi connectivity index (χ0v) is 12.7. The lowest BCUT2D eigenvalue weighted by atomic mass is 9.63. The Balaban J connectivity index is 1.41. The van der Waals surface area contributed by atoms with Crippen molar-refractivity contribution in [2.45, 2.75) is 30.6 Å². The van der Waals surface area contributed by atoms with E-state index in [0.29, 0.717) is 11.3 Å². The number of benzene rings is 1. The Bertz CT molecular complexity index is 606. The molecule has 1 aromatic heterocycles. The van der Waals surface area contributed by atoms with Gasteiger partial charge in [0.05, 0.1) is 5.69 Å². The van der Waals surface area contributed by atoms with Crippen LogP contribution in [0.4, 0.5) is 0 Å². The summed E-state index contributed by atoms with van der Waals surface area (Å²) in [6.07, 6.45) is 6.13. The lowest BCUT2D eigenvalue weighted by Gasteiger charge is -2.50. The van der Waals surface area contributed by atoms with Gasteiger partial charge in [-0.25, -0.2) is 0 Å². The minimum atomic E-state index is 0.427. The van der Waals surface area contributed by atoms with Crippen LogP contribution in [0.2, 0.25) is 0 Å². The maximum Gasteiger partial charge on any atom is 0.0680 e. The highest BCUT2D eigenvalue weighted by molar-refractivity contribution is 5.29. The molecule has 3 nitrogen and oxygen atoms in total. The van der Waals surface area contributed by atoms with Crippen LogP contribution in [0.25, 0.3) is 0 Å². The average molecular weight is 281 g/mol. The minimum absolute atomic E-state index is 0.427. The van der Waals surface area contributed by atoms with E-state index in [9.17, 15) is 0 Å². The number of hydrogen-bond acceptors (Lipinski definition) is 2. The molecule has 1 saturated heterocycles. The van der Waals surface area contributed by atoms with Crippen molar-refractivity contribution >= 4 is 0 Å². The predicted molar refractivity (Wildman–Crippen MR) is 84.4 cm³/mol. The van der Waals surface area contributed by atoms with E-state index in [-0.39, 0.29) is 0 Å². The summed E-state index contributed by atoms with van der Waals surface area (Å²) >= 11 is 0. The van der Waals surface area contributed by atoms with Crippen molar-refractivity contribution in [3.05, 3.63) is 53.9 Å². The van der Waals surface area contributed by atoms with Crippen LogP contribution in [0.5, 0.6) is 0 Å². The Morgan fingerprint density at radius 1 is 1.14 bits per heavy atom. The lowest BCUT2D eigenvalue weighted by molar-refractivity contribution is 0.0743. The quantitative estimate of drug-likeness (QED) is 0.859. The van der Waals surface area contributed by atoms with Crippen molar-refractivity contribution < 1.29 is 0 Å². The van der Waals surface area contributed by atoms with Gasteiger partial charge >= 0.3 is 0 Å². The van der Waals surface area contributed by atoms with Gasteiger partial charge in [-0.3, -0.25) is 4.68 Å². The van der Waals surface area contributed by atoms with Gasteiger partial charge in [-0.05, 0) is 24.5 Å². The molecule has 2 fully saturated rings. The van der Waals surface area contributed by atoms with E-state index in [2.05, 4.69) is 52.6 Å². The summed E-state index contributed by atoms with van der Waals surface area (Å²) in [5, 5.41) is 4.55. The third-order valence-electron chi connectivity index (χ3n) is 5.33. The van der Waals surface area contributed by atoms with Gasteiger partial charge in [0, 0.05) is 44.2 Å². The molecular weight excluding hydrogens is 258 g/mol. The fourth-order valence-electron chi connectivity index (χ4n) is 3.90. The molecule has 2 heterocycles. The summed E-state index contributed by atoms with van der Waals surface area (Å²) in [5.74, 6) is 0.638. The summed E-state index contributed by atoms with van der Waals surface area (Å²) in [5.41, 5.74) is 3.23. The van der Waals surface area contributed by atoms with Crippen molar-refractivity contribution in [1.29, 1.82) is 0 Å². The van der Waals surface area contributed by atoms with Gasteiger partial charge in [-0.2, -0.15) is 5.10 Å². The second-order valence-electron chi connectivity index (χ2n) is 6.81. The molecule has 21 heavy (non-hydrogen) atoms. The summed E-state index contributed by atoms with van der Waals surface area (Å²) in [7, 11) is 2.00. The second-order valence-corrected chi connectivity index (χ2v) is 6.81. The SMILES string of the molecule is Cn1ccc(C2CN(CC3(c4ccccc4)CCC3)C2)n1. The molecule has 1 aliphatic heterocycles. The summed E-state index contributed by atoms with van der Waals surface area (Å²) in [4.78, 5) is 2.62. The van der Waals surface area contributed by atoms with Crippen LogP contribution in [0.3, 0.4) is 0 Å². The fraction of sp³-hybridized carbons (Fsp3) is 0.500. The average Bonchev–Trinajstić information content (AvgIpc) is 2.83. The Hall–Kier alpha value is -1.61. The molecule has 0 unspecified atom stereocenters. The fourth-order valence-corrected chi connectivity index (χ4v) is 3.90. The van der Waals surface area contributed by atoms with Crippen molar-refractivity contribution in [2.75, 3.05) is 19.6 Å². The van der Waals surface area contributed by atoms with E-state index in [4.69, 9.17) is 0 Å². The molecule has 1 aromatic carbocycles. The van der Waals surface area contributed by atoms with Gasteiger partial charge in [0.2, 0.25) is 0 Å². The first kappa shape index (κ1) is 13.1. The normalized spacial score (nSPS) is 21.8. The van der Waals surface area contributed by atoms with E-state index >= 15 is 0 Å². The minimum Gasteiger partial charge on any atom is -0.301 e. The molecule has 2 aromatic rings. The molecule has 0 atom stereocenters. The van der Waals surface area contributed by atoms with Crippen molar-refractivity contribution in [3.8, 4) is 0 Å². The van der Waals surface area contributed by atoms with Gasteiger partial charge in [-0.15, -0.1) is 0 Å². The Morgan fingerprint density at radius 2 is 1.90 bits per heavy atom. The van der Waals surface area contributed by atoms with Gasteiger partial charge in [-0.1, -0.05) is 36.8 Å². The third-order valence-corrected chi connectivity index (χ3v) is 5.33. The van der Waals surface area contributed by atoms with Gasteiger partial charge in [0.25, 0.3) is 0 Å². The highest BCUT2D eigenvalue weighted by Crippen LogP contribution is 2.45. The first-order valence-electron chi connectivity index (χ1n) is 8.03. The lowest BCUT2D eigenvalue weighted by Crippen LogP contribution is -2.53. The number of likely N-dealkylation sites (tertiary alicyclic amines) is 1. The van der Waals surface area contributed by atoms with E-state index in [0.717, 1.165) is 0 Å². The Kier molecular flexibility index (Phi) is 3.11. The van der Waals surface area contributed by atoms with Crippen molar-refractivity contribution in [1.82, 2.24) is 14.7 Å². The molecule has 0 spiro atoms. The molecule has 3 heteroatoms. The molecule has 2 aliphatic rings. The zero-order chi connectivity index (χ0) is 14.3.